The first-order valence-electron chi connectivity index (χ1n) is 6.97. The van der Waals surface area contributed by atoms with Gasteiger partial charge >= 0.3 is 5.97 Å². The molecule has 0 N–H and O–H groups in total. The molecule has 2 unspecified atom stereocenters. The Morgan fingerprint density at radius 1 is 1.22 bits per heavy atom. The van der Waals surface area contributed by atoms with Crippen molar-refractivity contribution in [2.24, 2.45) is 11.3 Å². The van der Waals surface area contributed by atoms with Crippen LogP contribution in [0.5, 0.6) is 0 Å². The molecule has 0 aromatic heterocycles. The summed E-state index contributed by atoms with van der Waals surface area (Å²) in [7, 11) is 0. The standard InChI is InChI=1S/C15H29NO2/c1-11(13(17)18-15(5,6)7)16-9-8-12(10-16)14(2,3)4/h11-12H,8-10H2,1-7H3. The average Bonchev–Trinajstić information content (AvgIpc) is 2.61. The summed E-state index contributed by atoms with van der Waals surface area (Å²) in [5.41, 5.74) is -0.0725. The lowest BCUT2D eigenvalue weighted by Gasteiger charge is -2.30. The highest BCUT2D eigenvalue weighted by Crippen LogP contribution is 2.34. The molecule has 0 radical (unpaired) electrons. The zero-order valence-corrected chi connectivity index (χ0v) is 13.0. The molecule has 0 bridgehead atoms. The van der Waals surface area contributed by atoms with Gasteiger partial charge in [0.1, 0.15) is 11.6 Å². The van der Waals surface area contributed by atoms with E-state index in [1.54, 1.807) is 0 Å². The number of carbonyl (C=O) groups excluding carboxylic acids is 1. The van der Waals surface area contributed by atoms with Gasteiger partial charge in [-0.15, -0.1) is 0 Å². The fourth-order valence-corrected chi connectivity index (χ4v) is 2.38. The van der Waals surface area contributed by atoms with Gasteiger partial charge < -0.3 is 4.74 Å². The van der Waals surface area contributed by atoms with Crippen molar-refractivity contribution in [1.82, 2.24) is 4.90 Å². The predicted octanol–water partition coefficient (Wildman–Crippen LogP) is 3.08. The van der Waals surface area contributed by atoms with Crippen molar-refractivity contribution in [2.45, 2.75) is 66.5 Å². The molecule has 1 saturated heterocycles. The molecule has 0 aliphatic carbocycles. The van der Waals surface area contributed by atoms with E-state index in [2.05, 4.69) is 25.7 Å². The minimum atomic E-state index is -0.394. The third-order valence-corrected chi connectivity index (χ3v) is 3.74. The second kappa shape index (κ2) is 5.20. The van der Waals surface area contributed by atoms with Gasteiger partial charge in [-0.2, -0.15) is 0 Å². The quantitative estimate of drug-likeness (QED) is 0.710. The SMILES string of the molecule is CC(C(=O)OC(C)(C)C)N1CCC(C(C)(C)C)C1. The van der Waals surface area contributed by atoms with Crippen molar-refractivity contribution in [3.8, 4) is 0 Å². The number of esters is 1. The number of ether oxygens (including phenoxy) is 1. The minimum absolute atomic E-state index is 0.0999. The molecule has 3 heteroatoms. The largest absolute Gasteiger partial charge is 0.459 e. The van der Waals surface area contributed by atoms with E-state index in [9.17, 15) is 4.79 Å². The lowest BCUT2D eigenvalue weighted by atomic mass is 9.80. The molecule has 1 rings (SSSR count). The van der Waals surface area contributed by atoms with Crippen molar-refractivity contribution >= 4 is 5.97 Å². The Morgan fingerprint density at radius 2 is 1.78 bits per heavy atom. The summed E-state index contributed by atoms with van der Waals surface area (Å²) in [6, 6.07) is -0.128. The highest BCUT2D eigenvalue weighted by Gasteiger charge is 2.36. The fraction of sp³-hybridized carbons (Fsp3) is 0.933. The van der Waals surface area contributed by atoms with Crippen molar-refractivity contribution in [3.05, 3.63) is 0 Å². The normalized spacial score (nSPS) is 24.1. The second-order valence-electron chi connectivity index (χ2n) is 7.56. The van der Waals surface area contributed by atoms with Crippen molar-refractivity contribution in [1.29, 1.82) is 0 Å². The molecule has 0 aromatic carbocycles. The molecule has 0 spiro atoms. The molecule has 0 aromatic rings. The number of nitrogens with zero attached hydrogens (tertiary/aromatic N) is 1. The van der Waals surface area contributed by atoms with Crippen LogP contribution in [-0.2, 0) is 9.53 Å². The Bertz CT molecular complexity index is 299. The summed E-state index contributed by atoms with van der Waals surface area (Å²) >= 11 is 0. The molecule has 0 amide bonds. The smallest absolute Gasteiger partial charge is 0.323 e. The number of rotatable bonds is 2. The van der Waals surface area contributed by atoms with Crippen LogP contribution < -0.4 is 0 Å². The van der Waals surface area contributed by atoms with E-state index in [0.29, 0.717) is 11.3 Å². The molecular weight excluding hydrogens is 226 g/mol. The van der Waals surface area contributed by atoms with Gasteiger partial charge in [0.15, 0.2) is 0 Å². The van der Waals surface area contributed by atoms with Gasteiger partial charge in [0, 0.05) is 6.54 Å². The van der Waals surface area contributed by atoms with Crippen LogP contribution in [0, 0.1) is 11.3 Å². The molecular formula is C15H29NO2. The van der Waals surface area contributed by atoms with Crippen LogP contribution in [0.2, 0.25) is 0 Å². The van der Waals surface area contributed by atoms with Crippen LogP contribution in [0.25, 0.3) is 0 Å². The summed E-state index contributed by atoms with van der Waals surface area (Å²) in [4.78, 5) is 14.3. The van der Waals surface area contributed by atoms with E-state index in [-0.39, 0.29) is 12.0 Å². The van der Waals surface area contributed by atoms with Crippen LogP contribution in [0.15, 0.2) is 0 Å². The van der Waals surface area contributed by atoms with Crippen molar-refractivity contribution in [3.63, 3.8) is 0 Å². The molecule has 1 aliphatic rings. The van der Waals surface area contributed by atoms with E-state index in [1.165, 1.54) is 6.42 Å². The Hall–Kier alpha value is -0.570. The summed E-state index contributed by atoms with van der Waals surface area (Å²) in [6.07, 6.45) is 1.18. The predicted molar refractivity (Wildman–Crippen MR) is 74.4 cm³/mol. The summed E-state index contributed by atoms with van der Waals surface area (Å²) < 4.78 is 5.45. The fourth-order valence-electron chi connectivity index (χ4n) is 2.38. The van der Waals surface area contributed by atoms with E-state index in [1.807, 2.05) is 27.7 Å². The summed E-state index contributed by atoms with van der Waals surface area (Å²) in [6.45, 7) is 16.5. The highest BCUT2D eigenvalue weighted by molar-refractivity contribution is 5.75. The third-order valence-electron chi connectivity index (χ3n) is 3.74. The number of hydrogen-bond acceptors (Lipinski definition) is 3. The molecule has 1 heterocycles. The van der Waals surface area contributed by atoms with Gasteiger partial charge in [-0.25, -0.2) is 0 Å². The number of carbonyl (C=O) groups is 1. The van der Waals surface area contributed by atoms with Crippen LogP contribution in [0.1, 0.15) is 54.9 Å². The first kappa shape index (κ1) is 15.5. The zero-order chi connectivity index (χ0) is 14.1. The molecule has 2 atom stereocenters. The first-order chi connectivity index (χ1) is 8.00. The molecule has 0 saturated carbocycles. The highest BCUT2D eigenvalue weighted by atomic mass is 16.6. The Kier molecular flexibility index (Phi) is 4.47. The van der Waals surface area contributed by atoms with Crippen molar-refractivity contribution < 1.29 is 9.53 Å². The molecule has 1 fully saturated rings. The maximum atomic E-state index is 12.0. The Morgan fingerprint density at radius 3 is 2.17 bits per heavy atom. The van der Waals surface area contributed by atoms with Crippen LogP contribution >= 0.6 is 0 Å². The van der Waals surface area contributed by atoms with Gasteiger partial charge in [0.05, 0.1) is 0 Å². The zero-order valence-electron chi connectivity index (χ0n) is 13.0. The van der Waals surface area contributed by atoms with E-state index >= 15 is 0 Å². The topological polar surface area (TPSA) is 29.5 Å². The maximum Gasteiger partial charge on any atom is 0.323 e. The average molecular weight is 255 g/mol. The molecule has 106 valence electrons. The summed E-state index contributed by atoms with van der Waals surface area (Å²) in [5.74, 6) is 0.569. The van der Waals surface area contributed by atoms with Gasteiger partial charge in [-0.1, -0.05) is 20.8 Å². The van der Waals surface area contributed by atoms with E-state index < -0.39 is 5.60 Å². The van der Waals surface area contributed by atoms with Gasteiger partial charge in [0.2, 0.25) is 0 Å². The molecule has 1 aliphatic heterocycles. The number of hydrogen-bond donors (Lipinski definition) is 0. The van der Waals surface area contributed by atoms with Crippen LogP contribution in [0.3, 0.4) is 0 Å². The third kappa shape index (κ3) is 4.27. The molecule has 3 nitrogen and oxygen atoms in total. The summed E-state index contributed by atoms with van der Waals surface area (Å²) in [5, 5.41) is 0. The Balaban J connectivity index is 2.55. The number of likely N-dealkylation sites (tertiary alicyclic amines) is 1. The maximum absolute atomic E-state index is 12.0. The van der Waals surface area contributed by atoms with Gasteiger partial charge in [-0.3, -0.25) is 9.69 Å². The van der Waals surface area contributed by atoms with Crippen LogP contribution in [0.4, 0.5) is 0 Å². The van der Waals surface area contributed by atoms with Crippen molar-refractivity contribution in [2.75, 3.05) is 13.1 Å². The second-order valence-corrected chi connectivity index (χ2v) is 7.56. The molecule has 18 heavy (non-hydrogen) atoms. The lowest BCUT2D eigenvalue weighted by Crippen LogP contribution is -2.42. The van der Waals surface area contributed by atoms with Crippen LogP contribution in [-0.4, -0.2) is 35.6 Å². The Labute approximate surface area is 112 Å². The van der Waals surface area contributed by atoms with Gasteiger partial charge in [0.25, 0.3) is 0 Å². The lowest BCUT2D eigenvalue weighted by molar-refractivity contribution is -0.160. The van der Waals surface area contributed by atoms with Gasteiger partial charge in [-0.05, 0) is 52.0 Å². The monoisotopic (exact) mass is 255 g/mol. The first-order valence-corrected chi connectivity index (χ1v) is 6.97. The van der Waals surface area contributed by atoms with E-state index in [4.69, 9.17) is 4.74 Å². The van der Waals surface area contributed by atoms with E-state index in [0.717, 1.165) is 13.1 Å². The minimum Gasteiger partial charge on any atom is -0.459 e.